The molecule has 0 aliphatic rings. The zero-order valence-electron chi connectivity index (χ0n) is 15.7. The predicted octanol–water partition coefficient (Wildman–Crippen LogP) is 5.20. The molecule has 2 aromatic heterocycles. The minimum Gasteiger partial charge on any atom is -0.405 e. The zero-order valence-corrected chi connectivity index (χ0v) is 16.6. The summed E-state index contributed by atoms with van der Waals surface area (Å²) in [5.41, 5.74) is 2.71. The van der Waals surface area contributed by atoms with E-state index in [4.69, 9.17) is 0 Å². The molecule has 0 fully saturated rings. The Kier molecular flexibility index (Phi) is 5.21. The quantitative estimate of drug-likeness (QED) is 0.473. The maximum atomic E-state index is 12.7. The van der Waals surface area contributed by atoms with E-state index >= 15 is 0 Å². The van der Waals surface area contributed by atoms with E-state index < -0.39 is 6.36 Å². The highest BCUT2D eigenvalue weighted by Crippen LogP contribution is 2.28. The van der Waals surface area contributed by atoms with Crippen LogP contribution < -0.4 is 10.1 Å². The fourth-order valence-electron chi connectivity index (χ4n) is 3.04. The third-order valence-electron chi connectivity index (χ3n) is 4.47. The maximum Gasteiger partial charge on any atom is 0.573 e. The molecule has 0 saturated carbocycles. The number of ether oxygens (including phenoxy) is 1. The predicted molar refractivity (Wildman–Crippen MR) is 108 cm³/mol. The molecule has 4 rings (SSSR count). The molecule has 9 heteroatoms. The van der Waals surface area contributed by atoms with Gasteiger partial charge in [-0.25, -0.2) is 4.98 Å². The van der Waals surface area contributed by atoms with Crippen LogP contribution >= 0.6 is 11.3 Å². The van der Waals surface area contributed by atoms with E-state index in [0.717, 1.165) is 11.3 Å². The van der Waals surface area contributed by atoms with Crippen molar-refractivity contribution in [3.8, 4) is 17.0 Å². The number of thiazole rings is 1. The second kappa shape index (κ2) is 7.83. The van der Waals surface area contributed by atoms with Crippen LogP contribution in [0.25, 0.3) is 16.2 Å². The minimum atomic E-state index is -4.80. The van der Waals surface area contributed by atoms with Crippen LogP contribution in [0.4, 0.5) is 13.2 Å². The van der Waals surface area contributed by atoms with Crippen molar-refractivity contribution in [1.82, 2.24) is 14.7 Å². The van der Waals surface area contributed by atoms with Crippen molar-refractivity contribution in [3.63, 3.8) is 0 Å². The number of amides is 1. The molecule has 5 nitrogen and oxygen atoms in total. The molecule has 1 N–H and O–H groups in total. The van der Waals surface area contributed by atoms with Gasteiger partial charge in [-0.3, -0.25) is 9.20 Å². The van der Waals surface area contributed by atoms with Crippen molar-refractivity contribution in [3.05, 3.63) is 76.9 Å². The maximum absolute atomic E-state index is 12.7. The number of alkyl halides is 3. The molecule has 0 unspecified atom stereocenters. The highest BCUT2D eigenvalue weighted by molar-refractivity contribution is 7.19. The molecular formula is C21H16F3N3O2S. The molecule has 0 atom stereocenters. The Hall–Kier alpha value is -3.33. The van der Waals surface area contributed by atoms with Crippen LogP contribution in [-0.4, -0.2) is 21.7 Å². The van der Waals surface area contributed by atoms with Gasteiger partial charge >= 0.3 is 6.36 Å². The van der Waals surface area contributed by atoms with Crippen LogP contribution in [0, 0.1) is 6.92 Å². The molecule has 2 heterocycles. The van der Waals surface area contributed by atoms with E-state index in [-0.39, 0.29) is 23.8 Å². The summed E-state index contributed by atoms with van der Waals surface area (Å²) in [6.07, 6.45) is -2.94. The van der Waals surface area contributed by atoms with Crippen molar-refractivity contribution < 1.29 is 22.7 Å². The third-order valence-corrected chi connectivity index (χ3v) is 5.63. The summed E-state index contributed by atoms with van der Waals surface area (Å²) in [6, 6.07) is 15.4. The number of rotatable bonds is 5. The van der Waals surface area contributed by atoms with E-state index in [1.165, 1.54) is 29.5 Å². The van der Waals surface area contributed by atoms with Crippen molar-refractivity contribution in [2.24, 2.45) is 0 Å². The van der Waals surface area contributed by atoms with E-state index in [1.807, 2.05) is 40.9 Å². The largest absolute Gasteiger partial charge is 0.573 e. The standard InChI is InChI=1S/C21H16F3N3O2S/c1-13-18(30-20-26-16(12-27(13)20)14-7-3-2-4-8-14)19(28)25-11-15-9-5-6-10-17(15)29-21(22,23)24/h2-10,12H,11H2,1H3,(H,25,28). The molecule has 0 aliphatic carbocycles. The average molecular weight is 431 g/mol. The molecule has 0 bridgehead atoms. The number of aromatic nitrogens is 2. The number of imidazole rings is 1. The summed E-state index contributed by atoms with van der Waals surface area (Å²) in [6.45, 7) is 1.70. The van der Waals surface area contributed by atoms with Gasteiger partial charge in [0, 0.05) is 29.6 Å². The summed E-state index contributed by atoms with van der Waals surface area (Å²) in [5, 5.41) is 2.66. The van der Waals surface area contributed by atoms with Crippen molar-refractivity contribution in [2.45, 2.75) is 19.8 Å². The minimum absolute atomic E-state index is 0.0972. The van der Waals surface area contributed by atoms with Crippen LogP contribution in [0.15, 0.2) is 60.8 Å². The molecule has 0 radical (unpaired) electrons. The lowest BCUT2D eigenvalue weighted by molar-refractivity contribution is -0.274. The number of nitrogens with one attached hydrogen (secondary N) is 1. The second-order valence-electron chi connectivity index (χ2n) is 6.50. The van der Waals surface area contributed by atoms with Gasteiger partial charge in [-0.05, 0) is 13.0 Å². The Morgan fingerprint density at radius 3 is 2.53 bits per heavy atom. The number of benzene rings is 2. The topological polar surface area (TPSA) is 55.6 Å². The second-order valence-corrected chi connectivity index (χ2v) is 7.48. The van der Waals surface area contributed by atoms with Gasteiger partial charge in [0.05, 0.1) is 5.69 Å². The summed E-state index contributed by atoms with van der Waals surface area (Å²) < 4.78 is 43.5. The number of hydrogen-bond donors (Lipinski definition) is 1. The first-order valence-electron chi connectivity index (χ1n) is 8.97. The van der Waals surface area contributed by atoms with Crippen LogP contribution in [0.5, 0.6) is 5.75 Å². The molecule has 154 valence electrons. The number of fused-ring (bicyclic) bond motifs is 1. The summed E-state index contributed by atoms with van der Waals surface area (Å²) in [4.78, 5) is 18.3. The van der Waals surface area contributed by atoms with Crippen LogP contribution in [0.1, 0.15) is 20.9 Å². The smallest absolute Gasteiger partial charge is 0.405 e. The molecular weight excluding hydrogens is 415 g/mol. The molecule has 0 saturated heterocycles. The van der Waals surface area contributed by atoms with Gasteiger partial charge in [0.25, 0.3) is 5.91 Å². The van der Waals surface area contributed by atoms with Gasteiger partial charge in [0.15, 0.2) is 4.96 Å². The molecule has 0 aliphatic heterocycles. The lowest BCUT2D eigenvalue weighted by atomic mass is 10.2. The van der Waals surface area contributed by atoms with Gasteiger partial charge in [-0.1, -0.05) is 59.9 Å². The van der Waals surface area contributed by atoms with Gasteiger partial charge < -0.3 is 10.1 Å². The van der Waals surface area contributed by atoms with Crippen LogP contribution in [0.2, 0.25) is 0 Å². The SMILES string of the molecule is Cc1c(C(=O)NCc2ccccc2OC(F)(F)F)sc2nc(-c3ccccc3)cn12. The number of para-hydroxylation sites is 1. The Morgan fingerprint density at radius 1 is 1.13 bits per heavy atom. The Bertz CT molecular complexity index is 1200. The molecule has 30 heavy (non-hydrogen) atoms. The first-order valence-corrected chi connectivity index (χ1v) is 9.79. The van der Waals surface area contributed by atoms with Gasteiger partial charge in [-0.15, -0.1) is 13.2 Å². The van der Waals surface area contributed by atoms with E-state index in [0.29, 0.717) is 15.5 Å². The zero-order chi connectivity index (χ0) is 21.3. The summed E-state index contributed by atoms with van der Waals surface area (Å²) >= 11 is 1.23. The van der Waals surface area contributed by atoms with Crippen molar-refractivity contribution >= 4 is 22.2 Å². The first kappa shape index (κ1) is 20.0. The molecule has 1 amide bonds. The van der Waals surface area contributed by atoms with E-state index in [9.17, 15) is 18.0 Å². The Balaban J connectivity index is 1.52. The lowest BCUT2D eigenvalue weighted by Crippen LogP contribution is -2.24. The molecule has 4 aromatic rings. The average Bonchev–Trinajstić information content (AvgIpc) is 3.26. The van der Waals surface area contributed by atoms with Gasteiger partial charge in [-0.2, -0.15) is 0 Å². The molecule has 2 aromatic carbocycles. The van der Waals surface area contributed by atoms with Crippen molar-refractivity contribution in [1.29, 1.82) is 0 Å². The monoisotopic (exact) mass is 431 g/mol. The highest BCUT2D eigenvalue weighted by Gasteiger charge is 2.32. The fourth-order valence-corrected chi connectivity index (χ4v) is 4.06. The van der Waals surface area contributed by atoms with Gasteiger partial charge in [0.1, 0.15) is 10.6 Å². The van der Waals surface area contributed by atoms with Crippen LogP contribution in [0.3, 0.4) is 0 Å². The highest BCUT2D eigenvalue weighted by atomic mass is 32.1. The van der Waals surface area contributed by atoms with Crippen LogP contribution in [-0.2, 0) is 6.54 Å². The fraction of sp³-hybridized carbons (Fsp3) is 0.143. The van der Waals surface area contributed by atoms with Gasteiger partial charge in [0.2, 0.25) is 0 Å². The lowest BCUT2D eigenvalue weighted by Gasteiger charge is -2.13. The van der Waals surface area contributed by atoms with Crippen molar-refractivity contribution in [2.75, 3.05) is 0 Å². The first-order chi connectivity index (χ1) is 14.3. The third kappa shape index (κ3) is 4.16. The summed E-state index contributed by atoms with van der Waals surface area (Å²) in [7, 11) is 0. The van der Waals surface area contributed by atoms with E-state index in [2.05, 4.69) is 15.0 Å². The number of aryl methyl sites for hydroxylation is 1. The number of carbonyl (C=O) groups is 1. The summed E-state index contributed by atoms with van der Waals surface area (Å²) in [5.74, 6) is -0.721. The number of nitrogens with zero attached hydrogens (tertiary/aromatic N) is 2. The Morgan fingerprint density at radius 2 is 1.83 bits per heavy atom. The normalized spacial score (nSPS) is 11.6. The molecule has 0 spiro atoms. The Labute approximate surface area is 173 Å². The number of carbonyl (C=O) groups excluding carboxylic acids is 1. The van der Waals surface area contributed by atoms with E-state index in [1.54, 1.807) is 13.0 Å². The number of halogens is 3. The number of hydrogen-bond acceptors (Lipinski definition) is 4.